The number of nitrogens with one attached hydrogen (secondary N) is 1. The highest BCUT2D eigenvalue weighted by atomic mass is 35.5. The first-order valence-electron chi connectivity index (χ1n) is 5.50. The van der Waals surface area contributed by atoms with Crippen molar-refractivity contribution in [3.63, 3.8) is 0 Å². The van der Waals surface area contributed by atoms with Gasteiger partial charge in [0.2, 0.25) is 5.91 Å². The Morgan fingerprint density at radius 2 is 1.88 bits per heavy atom. The molecule has 0 bridgehead atoms. The Morgan fingerprint density at radius 1 is 1.31 bits per heavy atom. The maximum absolute atomic E-state index is 11.6. The third-order valence-corrected chi connectivity index (χ3v) is 2.90. The van der Waals surface area contributed by atoms with E-state index in [1.165, 1.54) is 0 Å². The van der Waals surface area contributed by atoms with Gasteiger partial charge in [-0.25, -0.2) is 4.79 Å². The summed E-state index contributed by atoms with van der Waals surface area (Å²) in [4.78, 5) is 26.7. The standard InChI is InChI=1S/C10H18ClN3O2/c1-3-13-4-6-14(7-5-13)10(16)12-9(15)8(2)11/h8H,3-7H2,1-2H3,(H,12,15,16). The van der Waals surface area contributed by atoms with Gasteiger partial charge in [0.15, 0.2) is 0 Å². The average Bonchev–Trinajstić information content (AvgIpc) is 2.28. The van der Waals surface area contributed by atoms with E-state index in [1.807, 2.05) is 0 Å². The second-order valence-corrected chi connectivity index (χ2v) is 4.49. The number of hydrogen-bond donors (Lipinski definition) is 1. The van der Waals surface area contributed by atoms with Gasteiger partial charge in [-0.15, -0.1) is 11.6 Å². The van der Waals surface area contributed by atoms with Crippen molar-refractivity contribution in [3.8, 4) is 0 Å². The molecule has 0 aromatic rings. The van der Waals surface area contributed by atoms with Crippen LogP contribution in [0.15, 0.2) is 0 Å². The summed E-state index contributed by atoms with van der Waals surface area (Å²) in [6.07, 6.45) is 0. The van der Waals surface area contributed by atoms with E-state index in [9.17, 15) is 9.59 Å². The third kappa shape index (κ3) is 3.64. The summed E-state index contributed by atoms with van der Waals surface area (Å²) in [5, 5.41) is 1.60. The minimum absolute atomic E-state index is 0.340. The normalized spacial score (nSPS) is 19.3. The zero-order valence-corrected chi connectivity index (χ0v) is 10.5. The maximum Gasteiger partial charge on any atom is 0.324 e. The first kappa shape index (κ1) is 13.3. The first-order valence-corrected chi connectivity index (χ1v) is 5.94. The van der Waals surface area contributed by atoms with Gasteiger partial charge in [0.25, 0.3) is 0 Å². The zero-order chi connectivity index (χ0) is 12.1. The van der Waals surface area contributed by atoms with Crippen molar-refractivity contribution < 1.29 is 9.59 Å². The van der Waals surface area contributed by atoms with Gasteiger partial charge in [-0.1, -0.05) is 6.92 Å². The molecule has 1 unspecified atom stereocenters. The average molecular weight is 248 g/mol. The number of carbonyl (C=O) groups excluding carboxylic acids is 2. The van der Waals surface area contributed by atoms with Gasteiger partial charge in [-0.3, -0.25) is 10.1 Å². The van der Waals surface area contributed by atoms with Gasteiger partial charge >= 0.3 is 6.03 Å². The Hall–Kier alpha value is -0.810. The van der Waals surface area contributed by atoms with Crippen molar-refractivity contribution in [3.05, 3.63) is 0 Å². The fourth-order valence-electron chi connectivity index (χ4n) is 1.55. The van der Waals surface area contributed by atoms with E-state index in [1.54, 1.807) is 11.8 Å². The highest BCUT2D eigenvalue weighted by molar-refractivity contribution is 6.31. The molecule has 0 aliphatic carbocycles. The number of halogens is 1. The molecule has 1 saturated heterocycles. The smallest absolute Gasteiger partial charge is 0.322 e. The summed E-state index contributed by atoms with van der Waals surface area (Å²) in [7, 11) is 0. The Bertz CT molecular complexity index is 263. The van der Waals surface area contributed by atoms with Crippen LogP contribution in [-0.2, 0) is 4.79 Å². The number of amides is 3. The molecule has 0 spiro atoms. The van der Waals surface area contributed by atoms with Crippen LogP contribution in [0.25, 0.3) is 0 Å². The minimum atomic E-state index is -0.680. The molecule has 0 aromatic carbocycles. The second kappa shape index (κ2) is 6.06. The number of likely N-dealkylation sites (N-methyl/N-ethyl adjacent to an activating group) is 1. The van der Waals surface area contributed by atoms with Gasteiger partial charge in [0.1, 0.15) is 5.38 Å². The Morgan fingerprint density at radius 3 is 2.31 bits per heavy atom. The molecule has 1 heterocycles. The molecule has 0 saturated carbocycles. The molecule has 1 N–H and O–H groups in total. The number of piperazine rings is 1. The molecule has 1 aliphatic heterocycles. The monoisotopic (exact) mass is 247 g/mol. The molecular weight excluding hydrogens is 230 g/mol. The third-order valence-electron chi connectivity index (χ3n) is 2.70. The van der Waals surface area contributed by atoms with Crippen LogP contribution >= 0.6 is 11.6 Å². The molecular formula is C10H18ClN3O2. The quantitative estimate of drug-likeness (QED) is 0.723. The van der Waals surface area contributed by atoms with Crippen molar-refractivity contribution in [2.75, 3.05) is 32.7 Å². The number of urea groups is 1. The first-order chi connectivity index (χ1) is 7.54. The maximum atomic E-state index is 11.6. The lowest BCUT2D eigenvalue weighted by molar-refractivity contribution is -0.119. The fourth-order valence-corrected chi connectivity index (χ4v) is 1.61. The highest BCUT2D eigenvalue weighted by Gasteiger charge is 2.22. The number of hydrogen-bond acceptors (Lipinski definition) is 3. The summed E-state index contributed by atoms with van der Waals surface area (Å²) in [6, 6.07) is -0.340. The van der Waals surface area contributed by atoms with Gasteiger partial charge in [-0.05, 0) is 13.5 Å². The van der Waals surface area contributed by atoms with Crippen molar-refractivity contribution in [1.29, 1.82) is 0 Å². The number of imide groups is 1. The topological polar surface area (TPSA) is 52.6 Å². The number of nitrogens with zero attached hydrogens (tertiary/aromatic N) is 2. The van der Waals surface area contributed by atoms with E-state index in [-0.39, 0.29) is 6.03 Å². The summed E-state index contributed by atoms with van der Waals surface area (Å²) in [5.41, 5.74) is 0. The molecule has 5 nitrogen and oxygen atoms in total. The summed E-state index contributed by atoms with van der Waals surface area (Å²) in [5.74, 6) is -0.440. The molecule has 6 heteroatoms. The molecule has 1 atom stereocenters. The summed E-state index contributed by atoms with van der Waals surface area (Å²) in [6.45, 7) is 7.65. The largest absolute Gasteiger partial charge is 0.324 e. The molecule has 0 aromatic heterocycles. The molecule has 0 radical (unpaired) electrons. The molecule has 1 rings (SSSR count). The van der Waals surface area contributed by atoms with Crippen molar-refractivity contribution in [2.45, 2.75) is 19.2 Å². The van der Waals surface area contributed by atoms with E-state index < -0.39 is 11.3 Å². The second-order valence-electron chi connectivity index (χ2n) is 3.83. The van der Waals surface area contributed by atoms with E-state index in [2.05, 4.69) is 17.1 Å². The Kier molecular flexibility index (Phi) is 5.02. The van der Waals surface area contributed by atoms with Crippen LogP contribution in [-0.4, -0.2) is 59.8 Å². The van der Waals surface area contributed by atoms with Crippen molar-refractivity contribution in [2.24, 2.45) is 0 Å². The van der Waals surface area contributed by atoms with Gasteiger partial charge in [-0.2, -0.15) is 0 Å². The van der Waals surface area contributed by atoms with Gasteiger partial charge < -0.3 is 9.80 Å². The van der Waals surface area contributed by atoms with Crippen LogP contribution < -0.4 is 5.32 Å². The fraction of sp³-hybridized carbons (Fsp3) is 0.800. The lowest BCUT2D eigenvalue weighted by atomic mass is 10.3. The Balaban J connectivity index is 2.36. The number of rotatable bonds is 2. The van der Waals surface area contributed by atoms with Crippen LogP contribution in [0.5, 0.6) is 0 Å². The summed E-state index contributed by atoms with van der Waals surface area (Å²) < 4.78 is 0. The van der Waals surface area contributed by atoms with Crippen LogP contribution in [0.4, 0.5) is 4.79 Å². The molecule has 3 amide bonds. The van der Waals surface area contributed by atoms with Crippen LogP contribution in [0.1, 0.15) is 13.8 Å². The molecule has 92 valence electrons. The van der Waals surface area contributed by atoms with Gasteiger partial charge in [0.05, 0.1) is 0 Å². The van der Waals surface area contributed by atoms with Gasteiger partial charge in [0, 0.05) is 26.2 Å². The van der Waals surface area contributed by atoms with Crippen LogP contribution in [0.2, 0.25) is 0 Å². The summed E-state index contributed by atoms with van der Waals surface area (Å²) >= 11 is 5.57. The van der Waals surface area contributed by atoms with E-state index in [4.69, 9.17) is 11.6 Å². The van der Waals surface area contributed by atoms with Crippen molar-refractivity contribution >= 4 is 23.5 Å². The van der Waals surface area contributed by atoms with E-state index in [0.717, 1.165) is 19.6 Å². The van der Waals surface area contributed by atoms with Crippen molar-refractivity contribution in [1.82, 2.24) is 15.1 Å². The lowest BCUT2D eigenvalue weighted by Gasteiger charge is -2.33. The van der Waals surface area contributed by atoms with E-state index in [0.29, 0.717) is 13.1 Å². The molecule has 1 aliphatic rings. The Labute approximate surface area is 101 Å². The molecule has 16 heavy (non-hydrogen) atoms. The predicted octanol–water partition coefficient (Wildman–Crippen LogP) is 0.487. The zero-order valence-electron chi connectivity index (χ0n) is 9.70. The van der Waals surface area contributed by atoms with Crippen LogP contribution in [0.3, 0.4) is 0 Å². The minimum Gasteiger partial charge on any atom is -0.322 e. The lowest BCUT2D eigenvalue weighted by Crippen LogP contribution is -2.53. The van der Waals surface area contributed by atoms with E-state index >= 15 is 0 Å². The van der Waals surface area contributed by atoms with Crippen LogP contribution in [0, 0.1) is 0 Å². The predicted molar refractivity (Wildman–Crippen MR) is 62.5 cm³/mol. The number of alkyl halides is 1. The SMILES string of the molecule is CCN1CCN(C(=O)NC(=O)C(C)Cl)CC1. The number of carbonyl (C=O) groups is 2. The molecule has 1 fully saturated rings. The highest BCUT2D eigenvalue weighted by Crippen LogP contribution is 2.02.